The van der Waals surface area contributed by atoms with Crippen molar-refractivity contribution in [1.29, 1.82) is 5.26 Å². The van der Waals surface area contributed by atoms with Crippen LogP contribution in [0.3, 0.4) is 0 Å². The zero-order valence-corrected chi connectivity index (χ0v) is 19.6. The zero-order valence-electron chi connectivity index (χ0n) is 15.8. The summed E-state index contributed by atoms with van der Waals surface area (Å²) in [5, 5.41) is 11.8. The molecule has 1 N–H and O–H groups in total. The Morgan fingerprint density at radius 1 is 1.16 bits per heavy atom. The van der Waals surface area contributed by atoms with Gasteiger partial charge < -0.3 is 10.1 Å². The molecule has 0 bridgehead atoms. The lowest BCUT2D eigenvalue weighted by Crippen LogP contribution is -2.14. The summed E-state index contributed by atoms with van der Waals surface area (Å²) in [4.78, 5) is 12.4. The molecule has 3 aromatic carbocycles. The van der Waals surface area contributed by atoms with Crippen molar-refractivity contribution < 1.29 is 18.3 Å². The van der Waals surface area contributed by atoms with Crippen LogP contribution in [0.1, 0.15) is 11.1 Å². The highest BCUT2D eigenvalue weighted by Gasteiger charge is 2.14. The molecule has 3 rings (SSSR count). The first-order valence-electron chi connectivity index (χ1n) is 8.91. The van der Waals surface area contributed by atoms with Gasteiger partial charge in [0, 0.05) is 0 Å². The highest BCUT2D eigenvalue weighted by Crippen LogP contribution is 2.33. The van der Waals surface area contributed by atoms with Crippen molar-refractivity contribution in [3.05, 3.63) is 97.0 Å². The van der Waals surface area contributed by atoms with E-state index in [2.05, 4.69) is 43.8 Å². The Balaban J connectivity index is 1.78. The van der Waals surface area contributed by atoms with Crippen LogP contribution in [0.15, 0.2) is 70.7 Å². The van der Waals surface area contributed by atoms with Crippen molar-refractivity contribution >= 4 is 56.2 Å². The molecule has 0 saturated carbocycles. The number of nitriles is 1. The number of carbonyl (C=O) groups excluding carboxylic acids is 1. The van der Waals surface area contributed by atoms with Gasteiger partial charge in [0.1, 0.15) is 35.6 Å². The fraction of sp³-hybridized carbons (Fsp3) is 0.0435. The molecule has 4 nitrogen and oxygen atoms in total. The summed E-state index contributed by atoms with van der Waals surface area (Å²) in [5.41, 5.74) is 1.22. The maximum atomic E-state index is 13.8. The molecule has 0 aliphatic heterocycles. The number of carbonyl (C=O) groups is 1. The van der Waals surface area contributed by atoms with Crippen molar-refractivity contribution in [2.24, 2.45) is 0 Å². The number of ether oxygens (including phenoxy) is 1. The summed E-state index contributed by atoms with van der Waals surface area (Å²) in [6.07, 6.45) is 1.41. The minimum absolute atomic E-state index is 0.00560. The minimum atomic E-state index is -0.713. The van der Waals surface area contributed by atoms with Crippen molar-refractivity contribution in [2.75, 3.05) is 5.32 Å². The van der Waals surface area contributed by atoms with Crippen LogP contribution in [0.25, 0.3) is 6.08 Å². The predicted molar refractivity (Wildman–Crippen MR) is 126 cm³/mol. The average molecular weight is 595 g/mol. The number of anilines is 1. The highest BCUT2D eigenvalue weighted by atomic mass is 127. The molecule has 0 aliphatic carbocycles. The normalized spacial score (nSPS) is 11.0. The van der Waals surface area contributed by atoms with Crippen LogP contribution < -0.4 is 10.1 Å². The fourth-order valence-electron chi connectivity index (χ4n) is 2.60. The van der Waals surface area contributed by atoms with Crippen molar-refractivity contribution in [3.63, 3.8) is 0 Å². The summed E-state index contributed by atoms with van der Waals surface area (Å²) < 4.78 is 34.0. The first-order chi connectivity index (χ1) is 14.9. The van der Waals surface area contributed by atoms with Crippen LogP contribution >= 0.6 is 38.5 Å². The molecule has 0 saturated heterocycles. The number of halogens is 4. The molecular formula is C23H14BrF2IN2O2. The molecule has 156 valence electrons. The Kier molecular flexibility index (Phi) is 7.76. The summed E-state index contributed by atoms with van der Waals surface area (Å²) in [7, 11) is 0. The predicted octanol–water partition coefficient (Wildman–Crippen LogP) is 6.46. The maximum Gasteiger partial charge on any atom is 0.266 e. The van der Waals surface area contributed by atoms with E-state index in [1.807, 2.05) is 6.07 Å². The van der Waals surface area contributed by atoms with E-state index in [0.29, 0.717) is 15.8 Å². The summed E-state index contributed by atoms with van der Waals surface area (Å²) in [6.45, 7) is 0.249. The fourth-order valence-corrected chi connectivity index (χ4v) is 4.37. The van der Waals surface area contributed by atoms with Gasteiger partial charge in [-0.25, -0.2) is 8.78 Å². The molecule has 0 aromatic heterocycles. The molecule has 0 heterocycles. The average Bonchev–Trinajstić information content (AvgIpc) is 2.74. The molecule has 3 aromatic rings. The van der Waals surface area contributed by atoms with Crippen LogP contribution in [-0.4, -0.2) is 5.91 Å². The second-order valence-corrected chi connectivity index (χ2v) is 8.35. The number of para-hydroxylation sites is 1. The van der Waals surface area contributed by atoms with Gasteiger partial charge in [-0.15, -0.1) is 0 Å². The number of hydrogen-bond donors (Lipinski definition) is 1. The Bertz CT molecular complexity index is 1170. The van der Waals surface area contributed by atoms with Gasteiger partial charge in [-0.05, 0) is 92.1 Å². The minimum Gasteiger partial charge on any atom is -0.487 e. The first-order valence-corrected chi connectivity index (χ1v) is 10.8. The maximum absolute atomic E-state index is 13.8. The largest absolute Gasteiger partial charge is 0.487 e. The van der Waals surface area contributed by atoms with Crippen molar-refractivity contribution in [2.45, 2.75) is 6.61 Å². The topological polar surface area (TPSA) is 62.1 Å². The standard InChI is InChI=1S/C23H14BrF2IN2O2/c24-18-10-15(9-16(12-28)23(30)29-21-4-2-1-3-19(21)26)11-20(27)22(18)31-13-14-5-7-17(25)8-6-14/h1-11H,13H2,(H,29,30)/b16-9-. The summed E-state index contributed by atoms with van der Waals surface area (Å²) in [6, 6.07) is 17.0. The van der Waals surface area contributed by atoms with Crippen molar-refractivity contribution in [1.82, 2.24) is 0 Å². The lowest BCUT2D eigenvalue weighted by molar-refractivity contribution is -0.112. The van der Waals surface area contributed by atoms with Crippen LogP contribution in [0, 0.1) is 26.5 Å². The van der Waals surface area contributed by atoms with Gasteiger partial charge >= 0.3 is 0 Å². The van der Waals surface area contributed by atoms with Crippen LogP contribution in [-0.2, 0) is 11.4 Å². The van der Waals surface area contributed by atoms with E-state index in [1.54, 1.807) is 30.3 Å². The number of nitrogens with zero attached hydrogens (tertiary/aromatic N) is 1. The number of amides is 1. The van der Waals surface area contributed by atoms with E-state index >= 15 is 0 Å². The first kappa shape index (κ1) is 22.9. The van der Waals surface area contributed by atoms with E-state index in [0.717, 1.165) is 9.13 Å². The quantitative estimate of drug-likeness (QED) is 0.202. The molecule has 0 unspecified atom stereocenters. The van der Waals surface area contributed by atoms with Gasteiger partial charge in [0.05, 0.1) is 13.7 Å². The van der Waals surface area contributed by atoms with Crippen LogP contribution in [0.4, 0.5) is 14.5 Å². The third kappa shape index (κ3) is 6.12. The van der Waals surface area contributed by atoms with Gasteiger partial charge in [0.25, 0.3) is 5.91 Å². The van der Waals surface area contributed by atoms with E-state index in [4.69, 9.17) is 4.74 Å². The summed E-state index contributed by atoms with van der Waals surface area (Å²) in [5.74, 6) is -1.04. The van der Waals surface area contributed by atoms with Gasteiger partial charge in [-0.3, -0.25) is 4.79 Å². The molecule has 8 heteroatoms. The number of nitrogens with one attached hydrogen (secondary N) is 1. The van der Waals surface area contributed by atoms with Crippen molar-refractivity contribution in [3.8, 4) is 11.8 Å². The van der Waals surface area contributed by atoms with E-state index < -0.39 is 11.7 Å². The second-order valence-electron chi connectivity index (χ2n) is 6.33. The molecule has 0 atom stereocenters. The molecule has 0 fully saturated rings. The Hall–Kier alpha value is -2.77. The van der Waals surface area contributed by atoms with E-state index in [9.17, 15) is 18.8 Å². The number of rotatable bonds is 6. The zero-order chi connectivity index (χ0) is 22.4. The molecule has 31 heavy (non-hydrogen) atoms. The third-order valence-electron chi connectivity index (χ3n) is 4.12. The number of benzene rings is 3. The van der Waals surface area contributed by atoms with E-state index in [-0.39, 0.29) is 23.7 Å². The molecule has 0 radical (unpaired) electrons. The van der Waals surface area contributed by atoms with E-state index in [1.165, 1.54) is 36.4 Å². The third-order valence-corrected chi connectivity index (χ3v) is 5.51. The number of hydrogen-bond acceptors (Lipinski definition) is 3. The lowest BCUT2D eigenvalue weighted by atomic mass is 10.1. The Morgan fingerprint density at radius 3 is 2.52 bits per heavy atom. The molecule has 0 spiro atoms. The second kappa shape index (κ2) is 10.5. The Labute approximate surface area is 199 Å². The molecular weight excluding hydrogens is 581 g/mol. The highest BCUT2D eigenvalue weighted by molar-refractivity contribution is 14.1. The smallest absolute Gasteiger partial charge is 0.266 e. The molecule has 1 amide bonds. The van der Waals surface area contributed by atoms with Crippen LogP contribution in [0.2, 0.25) is 0 Å². The van der Waals surface area contributed by atoms with Gasteiger partial charge in [0.2, 0.25) is 0 Å². The van der Waals surface area contributed by atoms with Gasteiger partial charge in [-0.2, -0.15) is 5.26 Å². The van der Waals surface area contributed by atoms with Gasteiger partial charge in [-0.1, -0.05) is 24.3 Å². The monoisotopic (exact) mass is 594 g/mol. The Morgan fingerprint density at radius 2 is 1.87 bits per heavy atom. The van der Waals surface area contributed by atoms with Gasteiger partial charge in [0.15, 0.2) is 0 Å². The summed E-state index contributed by atoms with van der Waals surface area (Å²) >= 11 is 5.52. The lowest BCUT2D eigenvalue weighted by Gasteiger charge is -2.12. The van der Waals surface area contributed by atoms with Crippen LogP contribution in [0.5, 0.6) is 5.75 Å². The SMILES string of the molecule is N#C/C(=C/c1cc(Br)c(OCc2ccc(F)cc2)c(I)c1)C(=O)Nc1ccccc1F. The molecule has 0 aliphatic rings.